The molecule has 0 spiro atoms. The van der Waals surface area contributed by atoms with Gasteiger partial charge >= 0.3 is 6.18 Å². The summed E-state index contributed by atoms with van der Waals surface area (Å²) >= 11 is 0. The molecule has 0 fully saturated rings. The molecule has 18 heavy (non-hydrogen) atoms. The van der Waals surface area contributed by atoms with Gasteiger partial charge in [-0.15, -0.1) is 0 Å². The fourth-order valence-electron chi connectivity index (χ4n) is 1.64. The van der Waals surface area contributed by atoms with Gasteiger partial charge in [0.2, 0.25) is 0 Å². The van der Waals surface area contributed by atoms with Crippen molar-refractivity contribution in [3.8, 4) is 0 Å². The lowest BCUT2D eigenvalue weighted by Gasteiger charge is -1.98. The Labute approximate surface area is 103 Å². The molecule has 0 N–H and O–H groups in total. The molecule has 0 aromatic heterocycles. The number of alkyl halides is 3. The molecule has 0 amide bonds. The Balaban J connectivity index is 2.17. The number of hydrogen-bond donors (Lipinski definition) is 0. The highest BCUT2D eigenvalue weighted by atomic mass is 19.4. The van der Waals surface area contributed by atoms with Crippen LogP contribution in [-0.2, 0) is 0 Å². The van der Waals surface area contributed by atoms with E-state index in [2.05, 4.69) is 0 Å². The summed E-state index contributed by atoms with van der Waals surface area (Å²) in [5.74, 6) is 0. The average Bonchev–Trinajstić information content (AvgIpc) is 2.33. The molecule has 0 atom stereocenters. The van der Waals surface area contributed by atoms with Crippen LogP contribution in [0.25, 0.3) is 16.8 Å². The van der Waals surface area contributed by atoms with Crippen LogP contribution in [-0.4, -0.2) is 6.18 Å². The van der Waals surface area contributed by atoms with Gasteiger partial charge in [-0.2, -0.15) is 13.2 Å². The summed E-state index contributed by atoms with van der Waals surface area (Å²) in [6.45, 7) is 0. The fourth-order valence-corrected chi connectivity index (χ4v) is 1.64. The molecule has 0 heterocycles. The van der Waals surface area contributed by atoms with E-state index >= 15 is 0 Å². The second kappa shape index (κ2) is 5.08. The van der Waals surface area contributed by atoms with Crippen molar-refractivity contribution in [2.24, 2.45) is 0 Å². The number of benzene rings is 2. The number of allylic oxidation sites excluding steroid dienone is 3. The lowest BCUT2D eigenvalue weighted by molar-refractivity contribution is -0.0798. The van der Waals surface area contributed by atoms with Crippen molar-refractivity contribution in [3.63, 3.8) is 0 Å². The summed E-state index contributed by atoms with van der Waals surface area (Å²) < 4.78 is 35.6. The highest BCUT2D eigenvalue weighted by molar-refractivity contribution is 5.84. The van der Waals surface area contributed by atoms with Crippen LogP contribution in [0.4, 0.5) is 13.2 Å². The molecule has 2 aromatic rings. The maximum Gasteiger partial charge on any atom is 0.409 e. The molecule has 2 rings (SSSR count). The van der Waals surface area contributed by atoms with Gasteiger partial charge in [-0.25, -0.2) is 0 Å². The molecule has 3 heteroatoms. The van der Waals surface area contributed by atoms with E-state index in [1.165, 1.54) is 6.08 Å². The molecule has 0 aliphatic carbocycles. The van der Waals surface area contributed by atoms with Crippen LogP contribution in [0.5, 0.6) is 0 Å². The summed E-state index contributed by atoms with van der Waals surface area (Å²) in [5.41, 5.74) is 0.875. The van der Waals surface area contributed by atoms with Crippen molar-refractivity contribution in [2.75, 3.05) is 0 Å². The van der Waals surface area contributed by atoms with Crippen LogP contribution in [0, 0.1) is 0 Å². The average molecular weight is 248 g/mol. The monoisotopic (exact) mass is 248 g/mol. The summed E-state index contributed by atoms with van der Waals surface area (Å²) in [6, 6.07) is 13.6. The first-order valence-electron chi connectivity index (χ1n) is 5.46. The van der Waals surface area contributed by atoms with Gasteiger partial charge in [-0.1, -0.05) is 54.6 Å². The highest BCUT2D eigenvalue weighted by Crippen LogP contribution is 2.18. The maximum atomic E-state index is 11.9. The zero-order chi connectivity index (χ0) is 13.0. The second-order valence-electron chi connectivity index (χ2n) is 3.87. The van der Waals surface area contributed by atoms with Crippen LogP contribution in [0.1, 0.15) is 5.56 Å². The van der Waals surface area contributed by atoms with Crippen LogP contribution in [0.15, 0.2) is 60.7 Å². The Kier molecular flexibility index (Phi) is 3.51. The summed E-state index contributed by atoms with van der Waals surface area (Å²) in [5, 5.41) is 2.18. The predicted octanol–water partition coefficient (Wildman–Crippen LogP) is 4.97. The minimum atomic E-state index is -4.26. The zero-order valence-electron chi connectivity index (χ0n) is 9.48. The van der Waals surface area contributed by atoms with Crippen molar-refractivity contribution in [2.45, 2.75) is 6.18 Å². The summed E-state index contributed by atoms with van der Waals surface area (Å²) in [7, 11) is 0. The molecule has 0 unspecified atom stereocenters. The third kappa shape index (κ3) is 3.48. The first-order valence-corrected chi connectivity index (χ1v) is 5.46. The molecule has 0 saturated heterocycles. The fraction of sp³-hybridized carbons (Fsp3) is 0.0667. The molecule has 0 nitrogen and oxygen atoms in total. The molecular weight excluding hydrogens is 237 g/mol. The quantitative estimate of drug-likeness (QED) is 0.658. The first-order chi connectivity index (χ1) is 8.54. The Bertz CT molecular complexity index is 592. The third-order valence-corrected chi connectivity index (χ3v) is 2.46. The molecular formula is C15H11F3. The van der Waals surface area contributed by atoms with E-state index < -0.39 is 6.18 Å². The van der Waals surface area contributed by atoms with E-state index in [0.717, 1.165) is 22.4 Å². The van der Waals surface area contributed by atoms with E-state index in [4.69, 9.17) is 0 Å². The van der Waals surface area contributed by atoms with E-state index in [0.29, 0.717) is 0 Å². The molecule has 0 bridgehead atoms. The highest BCUT2D eigenvalue weighted by Gasteiger charge is 2.21. The lowest BCUT2D eigenvalue weighted by atomic mass is 10.1. The van der Waals surface area contributed by atoms with Crippen LogP contribution < -0.4 is 0 Å². The van der Waals surface area contributed by atoms with Crippen molar-refractivity contribution in [1.29, 1.82) is 0 Å². The Hall–Kier alpha value is -2.03. The van der Waals surface area contributed by atoms with E-state index in [1.54, 1.807) is 6.08 Å². The standard InChI is InChI=1S/C15H11F3/c16-15(17,18)10-4-3-5-12-8-9-13-6-1-2-7-14(13)11-12/h1-11H/b5-3+,10-4+. The predicted molar refractivity (Wildman–Crippen MR) is 68.2 cm³/mol. The Morgan fingerprint density at radius 3 is 2.28 bits per heavy atom. The van der Waals surface area contributed by atoms with Crippen LogP contribution in [0.3, 0.4) is 0 Å². The molecule has 2 aromatic carbocycles. The smallest absolute Gasteiger partial charge is 0.167 e. The Morgan fingerprint density at radius 2 is 1.56 bits per heavy atom. The zero-order valence-corrected chi connectivity index (χ0v) is 9.48. The van der Waals surface area contributed by atoms with Crippen molar-refractivity contribution in [3.05, 3.63) is 66.3 Å². The Morgan fingerprint density at radius 1 is 0.833 bits per heavy atom. The number of rotatable bonds is 2. The SMILES string of the molecule is FC(F)(F)/C=C/C=C/c1ccc2ccccc2c1. The first kappa shape index (κ1) is 12.4. The van der Waals surface area contributed by atoms with Crippen molar-refractivity contribution >= 4 is 16.8 Å². The molecule has 0 radical (unpaired) electrons. The summed E-state index contributed by atoms with van der Waals surface area (Å²) in [6.07, 6.45) is -0.0141. The van der Waals surface area contributed by atoms with Crippen LogP contribution in [0.2, 0.25) is 0 Å². The van der Waals surface area contributed by atoms with E-state index in [9.17, 15) is 13.2 Å². The minimum absolute atomic E-state index is 0.213. The van der Waals surface area contributed by atoms with E-state index in [1.807, 2.05) is 42.5 Å². The number of fused-ring (bicyclic) bond motifs is 1. The van der Waals surface area contributed by atoms with Crippen LogP contribution >= 0.6 is 0 Å². The van der Waals surface area contributed by atoms with Gasteiger partial charge in [0, 0.05) is 6.08 Å². The second-order valence-corrected chi connectivity index (χ2v) is 3.87. The van der Waals surface area contributed by atoms with Gasteiger partial charge < -0.3 is 0 Å². The maximum absolute atomic E-state index is 11.9. The van der Waals surface area contributed by atoms with Gasteiger partial charge in [0.1, 0.15) is 0 Å². The molecule has 92 valence electrons. The molecule has 0 saturated carbocycles. The molecule has 0 aliphatic rings. The lowest BCUT2D eigenvalue weighted by Crippen LogP contribution is -1.99. The molecule has 0 aliphatic heterocycles. The van der Waals surface area contributed by atoms with Gasteiger partial charge in [0.25, 0.3) is 0 Å². The van der Waals surface area contributed by atoms with Crippen molar-refractivity contribution in [1.82, 2.24) is 0 Å². The summed E-state index contributed by atoms with van der Waals surface area (Å²) in [4.78, 5) is 0. The number of halogens is 3. The number of hydrogen-bond acceptors (Lipinski definition) is 0. The van der Waals surface area contributed by atoms with E-state index in [-0.39, 0.29) is 6.08 Å². The van der Waals surface area contributed by atoms with Gasteiger partial charge in [0.15, 0.2) is 0 Å². The van der Waals surface area contributed by atoms with Gasteiger partial charge in [-0.3, -0.25) is 0 Å². The van der Waals surface area contributed by atoms with Gasteiger partial charge in [-0.05, 0) is 22.4 Å². The van der Waals surface area contributed by atoms with Gasteiger partial charge in [0.05, 0.1) is 0 Å². The topological polar surface area (TPSA) is 0 Å². The largest absolute Gasteiger partial charge is 0.409 e. The minimum Gasteiger partial charge on any atom is -0.167 e. The normalized spacial score (nSPS) is 12.8. The van der Waals surface area contributed by atoms with Crippen molar-refractivity contribution < 1.29 is 13.2 Å². The third-order valence-electron chi connectivity index (χ3n) is 2.46.